The predicted molar refractivity (Wildman–Crippen MR) is 104 cm³/mol. The summed E-state index contributed by atoms with van der Waals surface area (Å²) in [6.07, 6.45) is 2.39. The van der Waals surface area contributed by atoms with Gasteiger partial charge in [0.1, 0.15) is 5.75 Å². The maximum atomic E-state index is 13.3. The van der Waals surface area contributed by atoms with E-state index < -0.39 is 5.41 Å². The Morgan fingerprint density at radius 2 is 2.04 bits per heavy atom. The molecule has 1 aromatic heterocycles. The first-order valence-corrected chi connectivity index (χ1v) is 9.39. The third-order valence-electron chi connectivity index (χ3n) is 5.13. The Kier molecular flexibility index (Phi) is 4.04. The zero-order chi connectivity index (χ0) is 18.3. The van der Waals surface area contributed by atoms with E-state index >= 15 is 0 Å². The number of aryl methyl sites for hydroxylation is 1. The molecule has 4 rings (SSSR count). The van der Waals surface area contributed by atoms with Crippen molar-refractivity contribution in [3.05, 3.63) is 76.3 Å². The molecular formula is C21H20N2O2S. The normalized spacial score (nSPS) is 21.4. The standard InChI is InChI=1S/C21H20N2O2S/c1-13-12-22-20(26-13)23-19(25)21(2)11-15-8-9-16(24)10-17(15)18(21)14-6-4-3-5-7-14/h3-10,12,18,24H,11H2,1-2H3,(H,22,23,25). The molecule has 3 aromatic rings. The maximum absolute atomic E-state index is 13.3. The highest BCUT2D eigenvalue weighted by atomic mass is 32.1. The van der Waals surface area contributed by atoms with E-state index in [1.165, 1.54) is 11.3 Å². The maximum Gasteiger partial charge on any atom is 0.233 e. The van der Waals surface area contributed by atoms with Crippen molar-refractivity contribution in [3.8, 4) is 5.75 Å². The number of rotatable bonds is 3. The molecule has 2 aromatic carbocycles. The van der Waals surface area contributed by atoms with Gasteiger partial charge in [0.05, 0.1) is 5.41 Å². The molecular weight excluding hydrogens is 344 g/mol. The van der Waals surface area contributed by atoms with Gasteiger partial charge in [-0.05, 0) is 49.1 Å². The summed E-state index contributed by atoms with van der Waals surface area (Å²) < 4.78 is 0. The summed E-state index contributed by atoms with van der Waals surface area (Å²) >= 11 is 1.47. The van der Waals surface area contributed by atoms with Gasteiger partial charge in [-0.1, -0.05) is 36.4 Å². The van der Waals surface area contributed by atoms with E-state index in [0.29, 0.717) is 11.6 Å². The number of carbonyl (C=O) groups excluding carboxylic acids is 1. The lowest BCUT2D eigenvalue weighted by atomic mass is 9.73. The van der Waals surface area contributed by atoms with Crippen LogP contribution in [0.25, 0.3) is 0 Å². The van der Waals surface area contributed by atoms with Gasteiger partial charge in [0.15, 0.2) is 5.13 Å². The molecule has 2 N–H and O–H groups in total. The third-order valence-corrected chi connectivity index (χ3v) is 5.96. The molecule has 1 aliphatic carbocycles. The number of benzene rings is 2. The Morgan fingerprint density at radius 1 is 1.27 bits per heavy atom. The Bertz CT molecular complexity index is 967. The van der Waals surface area contributed by atoms with Crippen molar-refractivity contribution in [1.29, 1.82) is 0 Å². The Hall–Kier alpha value is -2.66. The molecule has 0 fully saturated rings. The molecule has 0 radical (unpaired) electrons. The second-order valence-electron chi connectivity index (χ2n) is 7.05. The van der Waals surface area contributed by atoms with Crippen molar-refractivity contribution >= 4 is 22.4 Å². The van der Waals surface area contributed by atoms with Crippen LogP contribution in [0.15, 0.2) is 54.7 Å². The number of anilines is 1. The molecule has 1 amide bonds. The third kappa shape index (κ3) is 2.78. The lowest BCUT2D eigenvalue weighted by molar-refractivity contribution is -0.125. The van der Waals surface area contributed by atoms with Crippen LogP contribution in [0.5, 0.6) is 5.75 Å². The zero-order valence-corrected chi connectivity index (χ0v) is 15.5. The van der Waals surface area contributed by atoms with Gasteiger partial charge in [0.2, 0.25) is 5.91 Å². The van der Waals surface area contributed by atoms with Crippen LogP contribution in [0.1, 0.15) is 34.4 Å². The fourth-order valence-corrected chi connectivity index (χ4v) is 4.57. The fourth-order valence-electron chi connectivity index (χ4n) is 3.91. The molecule has 1 aliphatic rings. The summed E-state index contributed by atoms with van der Waals surface area (Å²) in [4.78, 5) is 18.6. The molecule has 4 nitrogen and oxygen atoms in total. The average Bonchev–Trinajstić information content (AvgIpc) is 3.16. The fraction of sp³-hybridized carbons (Fsp3) is 0.238. The first-order valence-electron chi connectivity index (χ1n) is 8.58. The van der Waals surface area contributed by atoms with E-state index in [1.54, 1.807) is 18.3 Å². The van der Waals surface area contributed by atoms with Crippen LogP contribution in [0.4, 0.5) is 5.13 Å². The number of thiazole rings is 1. The number of nitrogens with zero attached hydrogens (tertiary/aromatic N) is 1. The molecule has 2 atom stereocenters. The van der Waals surface area contributed by atoms with Gasteiger partial charge in [0, 0.05) is 17.0 Å². The van der Waals surface area contributed by atoms with E-state index in [1.807, 2.05) is 50.2 Å². The lowest BCUT2D eigenvalue weighted by Gasteiger charge is -2.30. The summed E-state index contributed by atoms with van der Waals surface area (Å²) in [5.41, 5.74) is 2.54. The van der Waals surface area contributed by atoms with E-state index in [9.17, 15) is 9.90 Å². The lowest BCUT2D eigenvalue weighted by Crippen LogP contribution is -2.37. The number of fused-ring (bicyclic) bond motifs is 1. The van der Waals surface area contributed by atoms with Crippen molar-refractivity contribution in [2.24, 2.45) is 5.41 Å². The minimum atomic E-state index is -0.656. The first kappa shape index (κ1) is 16.8. The topological polar surface area (TPSA) is 62.2 Å². The highest BCUT2D eigenvalue weighted by Gasteiger charge is 2.49. The molecule has 0 saturated heterocycles. The van der Waals surface area contributed by atoms with E-state index in [4.69, 9.17) is 0 Å². The monoisotopic (exact) mass is 364 g/mol. The summed E-state index contributed by atoms with van der Waals surface area (Å²) in [6, 6.07) is 15.4. The van der Waals surface area contributed by atoms with Crippen molar-refractivity contribution in [2.75, 3.05) is 5.32 Å². The Labute approximate surface area is 156 Å². The van der Waals surface area contributed by atoms with Gasteiger partial charge in [-0.3, -0.25) is 4.79 Å². The van der Waals surface area contributed by atoms with E-state index in [-0.39, 0.29) is 17.6 Å². The minimum Gasteiger partial charge on any atom is -0.508 e. The number of nitrogens with one attached hydrogen (secondary N) is 1. The SMILES string of the molecule is Cc1cnc(NC(=O)C2(C)Cc3ccc(O)cc3C2c2ccccc2)s1. The van der Waals surface area contributed by atoms with Gasteiger partial charge < -0.3 is 10.4 Å². The molecule has 26 heavy (non-hydrogen) atoms. The number of amides is 1. The average molecular weight is 364 g/mol. The number of hydrogen-bond donors (Lipinski definition) is 2. The number of aromatic hydroxyl groups is 1. The first-order chi connectivity index (χ1) is 12.5. The highest BCUT2D eigenvalue weighted by molar-refractivity contribution is 7.15. The van der Waals surface area contributed by atoms with Crippen LogP contribution < -0.4 is 5.32 Å². The quantitative estimate of drug-likeness (QED) is 0.720. The van der Waals surface area contributed by atoms with Gasteiger partial charge >= 0.3 is 0 Å². The van der Waals surface area contributed by atoms with Crippen LogP contribution in [0, 0.1) is 12.3 Å². The molecule has 0 bridgehead atoms. The molecule has 5 heteroatoms. The van der Waals surface area contributed by atoms with E-state index in [2.05, 4.69) is 10.3 Å². The number of carbonyl (C=O) groups is 1. The van der Waals surface area contributed by atoms with Gasteiger partial charge in [-0.15, -0.1) is 11.3 Å². The van der Waals surface area contributed by atoms with Crippen LogP contribution in [0.2, 0.25) is 0 Å². The largest absolute Gasteiger partial charge is 0.508 e. The number of aromatic nitrogens is 1. The van der Waals surface area contributed by atoms with Crippen molar-refractivity contribution in [2.45, 2.75) is 26.2 Å². The predicted octanol–water partition coefficient (Wildman–Crippen LogP) is 4.49. The number of phenolic OH excluding ortho intramolecular Hbond substituents is 1. The second-order valence-corrected chi connectivity index (χ2v) is 8.29. The Balaban J connectivity index is 1.77. The zero-order valence-electron chi connectivity index (χ0n) is 14.7. The second kappa shape index (κ2) is 6.25. The molecule has 0 aliphatic heterocycles. The van der Waals surface area contributed by atoms with E-state index in [0.717, 1.165) is 21.6 Å². The smallest absolute Gasteiger partial charge is 0.233 e. The highest BCUT2D eigenvalue weighted by Crippen LogP contribution is 2.52. The van der Waals surface area contributed by atoms with Crippen molar-refractivity contribution < 1.29 is 9.90 Å². The van der Waals surface area contributed by atoms with Crippen LogP contribution in [0.3, 0.4) is 0 Å². The number of hydrogen-bond acceptors (Lipinski definition) is 4. The van der Waals surface area contributed by atoms with Crippen LogP contribution in [-0.4, -0.2) is 16.0 Å². The van der Waals surface area contributed by atoms with Gasteiger partial charge in [-0.2, -0.15) is 0 Å². The molecule has 1 heterocycles. The van der Waals surface area contributed by atoms with Gasteiger partial charge in [-0.25, -0.2) is 4.98 Å². The summed E-state index contributed by atoms with van der Waals surface area (Å²) in [5, 5.41) is 13.6. The molecule has 2 unspecified atom stereocenters. The number of phenols is 1. The minimum absolute atomic E-state index is 0.0450. The summed E-state index contributed by atoms with van der Waals surface area (Å²) in [5.74, 6) is 0.0631. The Morgan fingerprint density at radius 3 is 2.73 bits per heavy atom. The summed E-state index contributed by atoms with van der Waals surface area (Å²) in [7, 11) is 0. The summed E-state index contributed by atoms with van der Waals surface area (Å²) in [6.45, 7) is 3.97. The van der Waals surface area contributed by atoms with Crippen molar-refractivity contribution in [1.82, 2.24) is 4.98 Å². The molecule has 0 saturated carbocycles. The van der Waals surface area contributed by atoms with Crippen LogP contribution in [-0.2, 0) is 11.2 Å². The van der Waals surface area contributed by atoms with Crippen LogP contribution >= 0.6 is 11.3 Å². The molecule has 0 spiro atoms. The molecule has 132 valence electrons. The van der Waals surface area contributed by atoms with Crippen molar-refractivity contribution in [3.63, 3.8) is 0 Å². The van der Waals surface area contributed by atoms with Gasteiger partial charge in [0.25, 0.3) is 0 Å².